The molecule has 0 aliphatic rings. The number of nitrogens with zero attached hydrogens (tertiary/aromatic N) is 2. The Morgan fingerprint density at radius 1 is 1.03 bits per heavy atom. The van der Waals surface area contributed by atoms with Crippen LogP contribution < -0.4 is 10.9 Å². The van der Waals surface area contributed by atoms with Gasteiger partial charge in [-0.15, -0.1) is 0 Å². The average molecular weight is 462 g/mol. The normalized spacial score (nSPS) is 11.0. The molecule has 33 heavy (non-hydrogen) atoms. The lowest BCUT2D eigenvalue weighted by molar-refractivity contribution is 0.0953. The van der Waals surface area contributed by atoms with Gasteiger partial charge in [0.05, 0.1) is 17.4 Å². The highest BCUT2D eigenvalue weighted by Gasteiger charge is 2.14. The predicted molar refractivity (Wildman–Crippen MR) is 130 cm³/mol. The van der Waals surface area contributed by atoms with E-state index >= 15 is 0 Å². The van der Waals surface area contributed by atoms with E-state index in [0.29, 0.717) is 46.0 Å². The van der Waals surface area contributed by atoms with Crippen LogP contribution in [0.15, 0.2) is 82.7 Å². The van der Waals surface area contributed by atoms with Crippen LogP contribution in [0.5, 0.6) is 0 Å². The Labute approximate surface area is 195 Å². The number of thioether (sulfide) groups is 1. The molecule has 4 aromatic rings. The molecule has 0 unspecified atom stereocenters. The van der Waals surface area contributed by atoms with Gasteiger partial charge in [0.25, 0.3) is 11.5 Å². The molecule has 1 N–H and O–H groups in total. The molecule has 0 spiro atoms. The van der Waals surface area contributed by atoms with E-state index in [1.165, 1.54) is 17.8 Å². The summed E-state index contributed by atoms with van der Waals surface area (Å²) in [5.41, 5.74) is 2.46. The van der Waals surface area contributed by atoms with Gasteiger partial charge in [-0.2, -0.15) is 0 Å². The second-order valence-corrected chi connectivity index (χ2v) is 8.58. The number of carbonyl (C=O) groups is 1. The van der Waals surface area contributed by atoms with Crippen molar-refractivity contribution in [1.29, 1.82) is 0 Å². The van der Waals surface area contributed by atoms with E-state index in [2.05, 4.69) is 5.32 Å². The average Bonchev–Trinajstić information content (AvgIpc) is 2.84. The molecule has 5 nitrogen and oxygen atoms in total. The van der Waals surface area contributed by atoms with Gasteiger partial charge in [0.2, 0.25) is 0 Å². The van der Waals surface area contributed by atoms with Crippen molar-refractivity contribution >= 4 is 28.6 Å². The Bertz CT molecular complexity index is 1340. The van der Waals surface area contributed by atoms with E-state index in [1.807, 2.05) is 31.2 Å². The first-order valence-corrected chi connectivity index (χ1v) is 11.8. The highest BCUT2D eigenvalue weighted by atomic mass is 32.2. The molecule has 0 radical (unpaired) electrons. The zero-order valence-electron chi connectivity index (χ0n) is 18.3. The van der Waals surface area contributed by atoms with Gasteiger partial charge in [0.1, 0.15) is 5.82 Å². The van der Waals surface area contributed by atoms with Crippen molar-refractivity contribution in [3.63, 3.8) is 0 Å². The Kier molecular flexibility index (Phi) is 7.19. The number of nitrogens with one attached hydrogen (secondary N) is 1. The monoisotopic (exact) mass is 461 g/mol. The molecule has 7 heteroatoms. The van der Waals surface area contributed by atoms with Crippen LogP contribution in [0.1, 0.15) is 34.8 Å². The largest absolute Gasteiger partial charge is 0.352 e. The second kappa shape index (κ2) is 10.4. The molecule has 1 heterocycles. The number of hydrogen-bond acceptors (Lipinski definition) is 4. The standard InChI is InChI=1S/C26H24FN3O2S/c1-2-15-28-24(31)19-13-11-18(12-14-19)16-30-25(32)21-8-4-6-10-23(21)29-26(30)33-17-20-7-3-5-9-22(20)27/h3-14H,2,15-17H2,1H3,(H,28,31). The summed E-state index contributed by atoms with van der Waals surface area (Å²) in [6, 6.07) is 21.0. The van der Waals surface area contributed by atoms with Crippen LogP contribution in [0, 0.1) is 5.82 Å². The van der Waals surface area contributed by atoms with Gasteiger partial charge in [0.15, 0.2) is 5.16 Å². The lowest BCUT2D eigenvalue weighted by Crippen LogP contribution is -2.25. The zero-order chi connectivity index (χ0) is 23.2. The van der Waals surface area contributed by atoms with Crippen molar-refractivity contribution in [2.24, 2.45) is 0 Å². The molecular formula is C26H24FN3O2S. The summed E-state index contributed by atoms with van der Waals surface area (Å²) in [5.74, 6) is -0.0424. The molecule has 0 saturated carbocycles. The minimum Gasteiger partial charge on any atom is -0.352 e. The van der Waals surface area contributed by atoms with Crippen molar-refractivity contribution in [1.82, 2.24) is 14.9 Å². The molecule has 0 aliphatic heterocycles. The zero-order valence-corrected chi connectivity index (χ0v) is 19.1. The number of para-hydroxylation sites is 1. The predicted octanol–water partition coefficient (Wildman–Crippen LogP) is 5.02. The fourth-order valence-corrected chi connectivity index (χ4v) is 4.42. The van der Waals surface area contributed by atoms with Gasteiger partial charge in [0, 0.05) is 17.9 Å². The molecule has 1 amide bonds. The van der Waals surface area contributed by atoms with Crippen LogP contribution in [0.3, 0.4) is 0 Å². The van der Waals surface area contributed by atoms with Gasteiger partial charge in [-0.25, -0.2) is 9.37 Å². The van der Waals surface area contributed by atoms with Gasteiger partial charge in [-0.3, -0.25) is 14.2 Å². The van der Waals surface area contributed by atoms with Crippen molar-refractivity contribution in [3.8, 4) is 0 Å². The number of carbonyl (C=O) groups excluding carboxylic acids is 1. The van der Waals surface area contributed by atoms with E-state index < -0.39 is 0 Å². The molecule has 0 fully saturated rings. The topological polar surface area (TPSA) is 64.0 Å². The minimum absolute atomic E-state index is 0.117. The van der Waals surface area contributed by atoms with Gasteiger partial charge >= 0.3 is 0 Å². The molecule has 3 aromatic carbocycles. The highest BCUT2D eigenvalue weighted by molar-refractivity contribution is 7.98. The SMILES string of the molecule is CCCNC(=O)c1ccc(Cn2c(SCc3ccccc3F)nc3ccccc3c2=O)cc1. The summed E-state index contributed by atoms with van der Waals surface area (Å²) >= 11 is 1.33. The molecule has 0 aliphatic carbocycles. The fourth-order valence-electron chi connectivity index (χ4n) is 3.44. The Hall–Kier alpha value is -3.45. The maximum absolute atomic E-state index is 14.1. The summed E-state index contributed by atoms with van der Waals surface area (Å²) in [6.07, 6.45) is 0.870. The van der Waals surface area contributed by atoms with Crippen LogP contribution in [-0.2, 0) is 12.3 Å². The third-order valence-corrected chi connectivity index (χ3v) is 6.26. The van der Waals surface area contributed by atoms with Crippen molar-refractivity contribution in [3.05, 3.63) is 106 Å². The maximum Gasteiger partial charge on any atom is 0.262 e. The Balaban J connectivity index is 1.65. The first-order valence-electron chi connectivity index (χ1n) is 10.8. The van der Waals surface area contributed by atoms with Crippen molar-refractivity contribution < 1.29 is 9.18 Å². The molecule has 0 bridgehead atoms. The Morgan fingerprint density at radius 2 is 1.76 bits per heavy atom. The Morgan fingerprint density at radius 3 is 2.52 bits per heavy atom. The third-order valence-electron chi connectivity index (χ3n) is 5.23. The van der Waals surface area contributed by atoms with Gasteiger partial charge < -0.3 is 5.32 Å². The van der Waals surface area contributed by atoms with Gasteiger partial charge in [-0.05, 0) is 47.9 Å². The third kappa shape index (κ3) is 5.31. The van der Waals surface area contributed by atoms with Crippen molar-refractivity contribution in [2.75, 3.05) is 6.54 Å². The van der Waals surface area contributed by atoms with Crippen LogP contribution in [0.25, 0.3) is 10.9 Å². The minimum atomic E-state index is -0.281. The van der Waals surface area contributed by atoms with Crippen LogP contribution >= 0.6 is 11.8 Å². The summed E-state index contributed by atoms with van der Waals surface area (Å²) in [6.45, 7) is 2.93. The number of hydrogen-bond donors (Lipinski definition) is 1. The highest BCUT2D eigenvalue weighted by Crippen LogP contribution is 2.24. The summed E-state index contributed by atoms with van der Waals surface area (Å²) < 4.78 is 15.7. The first-order chi connectivity index (χ1) is 16.1. The number of halogens is 1. The van der Waals surface area contributed by atoms with Gasteiger partial charge in [-0.1, -0.05) is 61.2 Å². The van der Waals surface area contributed by atoms with Crippen molar-refractivity contribution in [2.45, 2.75) is 30.8 Å². The molecule has 0 saturated heterocycles. The van der Waals surface area contributed by atoms with E-state index in [4.69, 9.17) is 4.98 Å². The van der Waals surface area contributed by atoms with E-state index in [0.717, 1.165) is 12.0 Å². The fraction of sp³-hybridized carbons (Fsp3) is 0.192. The second-order valence-electron chi connectivity index (χ2n) is 7.64. The lowest BCUT2D eigenvalue weighted by atomic mass is 10.1. The molecule has 1 aromatic heterocycles. The molecule has 0 atom stereocenters. The summed E-state index contributed by atoms with van der Waals surface area (Å²) in [7, 11) is 0. The molecular weight excluding hydrogens is 437 g/mol. The van der Waals surface area contributed by atoms with Crippen LogP contribution in [0.2, 0.25) is 0 Å². The number of rotatable bonds is 8. The lowest BCUT2D eigenvalue weighted by Gasteiger charge is -2.14. The van der Waals surface area contributed by atoms with Crippen LogP contribution in [0.4, 0.5) is 4.39 Å². The smallest absolute Gasteiger partial charge is 0.262 e. The van der Waals surface area contributed by atoms with E-state index in [1.54, 1.807) is 47.0 Å². The summed E-state index contributed by atoms with van der Waals surface area (Å²) in [5, 5.41) is 3.91. The number of amides is 1. The number of fused-ring (bicyclic) bond motifs is 1. The van der Waals surface area contributed by atoms with E-state index in [-0.39, 0.29) is 17.3 Å². The maximum atomic E-state index is 14.1. The van der Waals surface area contributed by atoms with Crippen LogP contribution in [-0.4, -0.2) is 22.0 Å². The molecule has 4 rings (SSSR count). The summed E-state index contributed by atoms with van der Waals surface area (Å²) in [4.78, 5) is 30.2. The van der Waals surface area contributed by atoms with E-state index in [9.17, 15) is 14.0 Å². The number of benzene rings is 3. The quantitative estimate of drug-likeness (QED) is 0.296. The first kappa shape index (κ1) is 22.7. The number of aromatic nitrogens is 2. The molecule has 168 valence electrons.